The van der Waals surface area contributed by atoms with Crippen LogP contribution < -0.4 is 10.6 Å². The third-order valence-electron chi connectivity index (χ3n) is 4.98. The van der Waals surface area contributed by atoms with Gasteiger partial charge in [0.1, 0.15) is 5.01 Å². The van der Waals surface area contributed by atoms with Gasteiger partial charge in [-0.1, -0.05) is 20.3 Å². The predicted octanol–water partition coefficient (Wildman–Crippen LogP) is 2.82. The molecule has 2 N–H and O–H groups in total. The number of ether oxygens (including phenoxy) is 1. The minimum atomic E-state index is 0.521. The first kappa shape index (κ1) is 16.4. The maximum absolute atomic E-state index is 5.65. The molecule has 0 radical (unpaired) electrons. The summed E-state index contributed by atoms with van der Waals surface area (Å²) in [5.74, 6) is 1.22. The molecule has 0 aromatic carbocycles. The van der Waals surface area contributed by atoms with Crippen LogP contribution in [0.4, 0.5) is 0 Å². The van der Waals surface area contributed by atoms with Gasteiger partial charge < -0.3 is 15.4 Å². The third-order valence-corrected chi connectivity index (χ3v) is 5.96. The van der Waals surface area contributed by atoms with E-state index in [1.54, 1.807) is 0 Å². The Morgan fingerprint density at radius 2 is 2.27 bits per heavy atom. The molecule has 2 aliphatic rings. The van der Waals surface area contributed by atoms with Crippen molar-refractivity contribution in [1.82, 2.24) is 15.6 Å². The summed E-state index contributed by atoms with van der Waals surface area (Å²) in [6.45, 7) is 10.3. The summed E-state index contributed by atoms with van der Waals surface area (Å²) in [6.07, 6.45) is 3.92. The van der Waals surface area contributed by atoms with Crippen molar-refractivity contribution in [3.63, 3.8) is 0 Å². The zero-order valence-electron chi connectivity index (χ0n) is 14.0. The highest BCUT2D eigenvalue weighted by Crippen LogP contribution is 2.30. The fourth-order valence-corrected chi connectivity index (χ4v) is 4.92. The van der Waals surface area contributed by atoms with Gasteiger partial charge in [-0.3, -0.25) is 0 Å². The normalized spacial score (nSPS) is 29.4. The molecule has 1 aliphatic heterocycles. The highest BCUT2D eigenvalue weighted by molar-refractivity contribution is 7.11. The van der Waals surface area contributed by atoms with Crippen LogP contribution >= 0.6 is 11.3 Å². The molecule has 124 valence electrons. The molecule has 4 nitrogen and oxygen atoms in total. The second-order valence-electron chi connectivity index (χ2n) is 6.92. The first-order chi connectivity index (χ1) is 10.6. The van der Waals surface area contributed by atoms with Gasteiger partial charge in [0.25, 0.3) is 0 Å². The number of nitrogens with one attached hydrogen (secondary N) is 2. The molecule has 3 atom stereocenters. The van der Waals surface area contributed by atoms with Gasteiger partial charge in [0.05, 0.1) is 18.9 Å². The smallest absolute Gasteiger partial charge is 0.107 e. The molecule has 3 unspecified atom stereocenters. The van der Waals surface area contributed by atoms with Crippen molar-refractivity contribution in [3.8, 4) is 0 Å². The van der Waals surface area contributed by atoms with Crippen LogP contribution in [0.25, 0.3) is 0 Å². The number of hydrogen-bond donors (Lipinski definition) is 2. The van der Waals surface area contributed by atoms with Crippen LogP contribution in [0.2, 0.25) is 0 Å². The molecule has 1 aromatic heterocycles. The Hall–Kier alpha value is -0.490. The Morgan fingerprint density at radius 3 is 2.95 bits per heavy atom. The molecule has 22 heavy (non-hydrogen) atoms. The maximum atomic E-state index is 5.65. The molecule has 0 bridgehead atoms. The predicted molar refractivity (Wildman–Crippen MR) is 91.5 cm³/mol. The summed E-state index contributed by atoms with van der Waals surface area (Å²) in [4.78, 5) is 6.20. The topological polar surface area (TPSA) is 46.2 Å². The van der Waals surface area contributed by atoms with Gasteiger partial charge in [0.2, 0.25) is 0 Å². The molecule has 1 saturated heterocycles. The summed E-state index contributed by atoms with van der Waals surface area (Å²) in [5, 5.41) is 8.65. The van der Waals surface area contributed by atoms with Crippen molar-refractivity contribution < 1.29 is 4.74 Å². The molecule has 5 heteroatoms. The summed E-state index contributed by atoms with van der Waals surface area (Å²) in [7, 11) is 0. The second kappa shape index (κ2) is 7.39. The number of aryl methyl sites for hydroxylation is 1. The van der Waals surface area contributed by atoms with Gasteiger partial charge in [-0.15, -0.1) is 11.3 Å². The van der Waals surface area contributed by atoms with Gasteiger partial charge >= 0.3 is 0 Å². The summed E-state index contributed by atoms with van der Waals surface area (Å²) < 4.78 is 5.65. The number of nitrogens with zero attached hydrogens (tertiary/aromatic N) is 1. The van der Waals surface area contributed by atoms with E-state index >= 15 is 0 Å². The van der Waals surface area contributed by atoms with Gasteiger partial charge in [-0.2, -0.15) is 0 Å². The Morgan fingerprint density at radius 1 is 1.41 bits per heavy atom. The van der Waals surface area contributed by atoms with Crippen LogP contribution in [0.1, 0.15) is 54.6 Å². The minimum absolute atomic E-state index is 0.521. The lowest BCUT2D eigenvalue weighted by atomic mass is 9.94. The quantitative estimate of drug-likeness (QED) is 0.875. The van der Waals surface area contributed by atoms with E-state index in [9.17, 15) is 0 Å². The van der Waals surface area contributed by atoms with Gasteiger partial charge in [-0.25, -0.2) is 4.98 Å². The maximum Gasteiger partial charge on any atom is 0.107 e. The van der Waals surface area contributed by atoms with E-state index in [2.05, 4.69) is 31.4 Å². The van der Waals surface area contributed by atoms with E-state index in [1.165, 1.54) is 34.8 Å². The van der Waals surface area contributed by atoms with Crippen molar-refractivity contribution in [2.45, 2.75) is 64.6 Å². The molecular weight excluding hydrogens is 294 g/mol. The fourth-order valence-electron chi connectivity index (χ4n) is 3.88. The van der Waals surface area contributed by atoms with Gasteiger partial charge in [0, 0.05) is 30.1 Å². The molecule has 0 spiro atoms. The zero-order chi connectivity index (χ0) is 15.5. The van der Waals surface area contributed by atoms with Crippen molar-refractivity contribution in [2.75, 3.05) is 19.8 Å². The van der Waals surface area contributed by atoms with Crippen LogP contribution in [0.15, 0.2) is 0 Å². The largest absolute Gasteiger partial charge is 0.379 e. The molecule has 3 rings (SSSR count). The molecule has 1 saturated carbocycles. The zero-order valence-corrected chi connectivity index (χ0v) is 14.8. The van der Waals surface area contributed by atoms with E-state index in [-0.39, 0.29) is 0 Å². The summed E-state index contributed by atoms with van der Waals surface area (Å²) in [5.41, 5.74) is 1.27. The highest BCUT2D eigenvalue weighted by Gasteiger charge is 2.34. The van der Waals surface area contributed by atoms with Crippen molar-refractivity contribution in [2.24, 2.45) is 5.92 Å². The fraction of sp³-hybridized carbons (Fsp3) is 0.824. The molecular formula is C17H29N3OS. The van der Waals surface area contributed by atoms with Gasteiger partial charge in [0.15, 0.2) is 0 Å². The first-order valence-electron chi connectivity index (χ1n) is 8.66. The second-order valence-corrected chi connectivity index (χ2v) is 8.21. The van der Waals surface area contributed by atoms with Crippen LogP contribution in [-0.4, -0.2) is 36.8 Å². The van der Waals surface area contributed by atoms with Crippen molar-refractivity contribution >= 4 is 11.3 Å². The average molecular weight is 324 g/mol. The molecule has 1 aliphatic carbocycles. The van der Waals surface area contributed by atoms with Crippen LogP contribution in [0.5, 0.6) is 0 Å². The highest BCUT2D eigenvalue weighted by atomic mass is 32.1. The number of thiazole rings is 1. The lowest BCUT2D eigenvalue weighted by molar-refractivity contribution is 0.0524. The summed E-state index contributed by atoms with van der Waals surface area (Å²) in [6, 6.07) is 1.13. The van der Waals surface area contributed by atoms with E-state index in [4.69, 9.17) is 9.72 Å². The van der Waals surface area contributed by atoms with Gasteiger partial charge in [-0.05, 0) is 31.6 Å². The van der Waals surface area contributed by atoms with Crippen LogP contribution in [0.3, 0.4) is 0 Å². The van der Waals surface area contributed by atoms with Crippen LogP contribution in [0, 0.1) is 12.8 Å². The van der Waals surface area contributed by atoms with Crippen molar-refractivity contribution in [3.05, 3.63) is 15.6 Å². The van der Waals surface area contributed by atoms with E-state index in [1.807, 2.05) is 11.3 Å². The van der Waals surface area contributed by atoms with E-state index < -0.39 is 0 Å². The molecule has 0 amide bonds. The average Bonchev–Trinajstić information content (AvgIpc) is 3.12. The first-order valence-corrected chi connectivity index (χ1v) is 9.47. The standard InChI is InChI=1S/C17H29N3OS/c1-11(2)17-12(3)22-16(20-17)9-19-14-6-4-5-13(14)15-10-21-8-7-18-15/h11,13-15,18-19H,4-10H2,1-3H3. The Labute approximate surface area is 138 Å². The molecule has 2 fully saturated rings. The van der Waals surface area contributed by atoms with E-state index in [0.717, 1.165) is 26.3 Å². The number of rotatable bonds is 5. The Kier molecular flexibility index (Phi) is 5.50. The van der Waals surface area contributed by atoms with Crippen molar-refractivity contribution in [1.29, 1.82) is 0 Å². The SMILES string of the molecule is Cc1sc(CNC2CCCC2C2COCCN2)nc1C(C)C. The number of aromatic nitrogens is 1. The molecule has 2 heterocycles. The monoisotopic (exact) mass is 323 g/mol. The van der Waals surface area contributed by atoms with Crippen LogP contribution in [-0.2, 0) is 11.3 Å². The summed E-state index contributed by atoms with van der Waals surface area (Å²) >= 11 is 1.85. The lowest BCUT2D eigenvalue weighted by Gasteiger charge is -2.32. The lowest BCUT2D eigenvalue weighted by Crippen LogP contribution is -2.50. The molecule has 1 aromatic rings. The number of morpholine rings is 1. The van der Waals surface area contributed by atoms with E-state index in [0.29, 0.717) is 23.9 Å². The third kappa shape index (κ3) is 3.70. The Bertz CT molecular complexity index is 482. The number of hydrogen-bond acceptors (Lipinski definition) is 5. The Balaban J connectivity index is 1.57. The minimum Gasteiger partial charge on any atom is -0.379 e.